The average molecular weight is 248 g/mol. The summed E-state index contributed by atoms with van der Waals surface area (Å²) >= 11 is 0. The predicted octanol–water partition coefficient (Wildman–Crippen LogP) is 1.55. The Bertz CT molecular complexity index is 387. The smallest absolute Gasteiger partial charge is 0.0925 e. The molecule has 2 unspecified atom stereocenters. The second-order valence-electron chi connectivity index (χ2n) is 5.79. The van der Waals surface area contributed by atoms with E-state index in [0.717, 1.165) is 18.9 Å². The van der Waals surface area contributed by atoms with E-state index in [1.165, 1.54) is 50.3 Å². The van der Waals surface area contributed by atoms with Crippen LogP contribution in [0.5, 0.6) is 0 Å². The monoisotopic (exact) mass is 248 g/mol. The summed E-state index contributed by atoms with van der Waals surface area (Å²) in [5.74, 6) is 0.920. The summed E-state index contributed by atoms with van der Waals surface area (Å²) in [6.45, 7) is 7.03. The van der Waals surface area contributed by atoms with Crippen LogP contribution in [0.2, 0.25) is 0 Å². The van der Waals surface area contributed by atoms with Gasteiger partial charge >= 0.3 is 0 Å². The minimum Gasteiger partial charge on any atom is -0.347 e. The zero-order valence-electron chi connectivity index (χ0n) is 11.3. The first-order chi connectivity index (χ1) is 8.85. The van der Waals surface area contributed by atoms with Gasteiger partial charge in [-0.3, -0.25) is 0 Å². The highest BCUT2D eigenvalue weighted by molar-refractivity contribution is 5.16. The second-order valence-corrected chi connectivity index (χ2v) is 5.79. The molecule has 2 aliphatic rings. The Labute approximate surface area is 109 Å². The van der Waals surface area contributed by atoms with Crippen LogP contribution in [-0.4, -0.2) is 40.5 Å². The number of rotatable bonds is 3. The summed E-state index contributed by atoms with van der Waals surface area (Å²) < 4.78 is 0. The molecule has 0 amide bonds. The number of imidazole rings is 1. The summed E-state index contributed by atoms with van der Waals surface area (Å²) in [5, 5.41) is 3.63. The average Bonchev–Trinajstić information content (AvgIpc) is 2.86. The van der Waals surface area contributed by atoms with Crippen LogP contribution in [0.4, 0.5) is 0 Å². The Hall–Kier alpha value is -0.870. The number of piperidine rings is 1. The Morgan fingerprint density at radius 1 is 1.50 bits per heavy atom. The summed E-state index contributed by atoms with van der Waals surface area (Å²) in [5.41, 5.74) is 2.54. The van der Waals surface area contributed by atoms with E-state index in [1.807, 2.05) is 6.33 Å². The van der Waals surface area contributed by atoms with Crippen molar-refractivity contribution < 1.29 is 0 Å². The molecule has 18 heavy (non-hydrogen) atoms. The zero-order chi connectivity index (χ0) is 12.4. The van der Waals surface area contributed by atoms with Gasteiger partial charge in [-0.25, -0.2) is 4.98 Å². The van der Waals surface area contributed by atoms with E-state index in [1.54, 1.807) is 0 Å². The van der Waals surface area contributed by atoms with Gasteiger partial charge in [0.2, 0.25) is 0 Å². The molecule has 3 rings (SSSR count). The highest BCUT2D eigenvalue weighted by Gasteiger charge is 2.24. The number of likely N-dealkylation sites (tertiary alicyclic amines) is 1. The summed E-state index contributed by atoms with van der Waals surface area (Å²) in [6, 6.07) is 0.580. The molecule has 3 heterocycles. The van der Waals surface area contributed by atoms with Gasteiger partial charge in [-0.2, -0.15) is 0 Å². The quantitative estimate of drug-likeness (QED) is 0.853. The van der Waals surface area contributed by atoms with Crippen LogP contribution in [0, 0.1) is 5.92 Å². The number of H-pyrrole nitrogens is 1. The van der Waals surface area contributed by atoms with Gasteiger partial charge in [0.05, 0.1) is 17.7 Å². The van der Waals surface area contributed by atoms with Crippen LogP contribution >= 0.6 is 0 Å². The molecule has 0 aromatic carbocycles. The van der Waals surface area contributed by atoms with Gasteiger partial charge in [0.1, 0.15) is 0 Å². The van der Waals surface area contributed by atoms with Crippen LogP contribution in [0.1, 0.15) is 37.6 Å². The predicted molar refractivity (Wildman–Crippen MR) is 72.4 cm³/mol. The molecule has 4 heteroatoms. The normalized spacial score (nSPS) is 29.2. The Kier molecular flexibility index (Phi) is 3.66. The van der Waals surface area contributed by atoms with Gasteiger partial charge in [0, 0.05) is 32.1 Å². The lowest BCUT2D eigenvalue weighted by atomic mass is 9.94. The molecule has 1 fully saturated rings. The molecule has 2 atom stereocenters. The molecule has 2 aliphatic heterocycles. The van der Waals surface area contributed by atoms with Crippen molar-refractivity contribution in [3.05, 3.63) is 17.7 Å². The molecule has 0 spiro atoms. The summed E-state index contributed by atoms with van der Waals surface area (Å²) in [4.78, 5) is 10.3. The van der Waals surface area contributed by atoms with E-state index in [4.69, 9.17) is 0 Å². The fraction of sp³-hybridized carbons (Fsp3) is 0.786. The summed E-state index contributed by atoms with van der Waals surface area (Å²) in [6.07, 6.45) is 7.03. The first-order valence-corrected chi connectivity index (χ1v) is 7.32. The van der Waals surface area contributed by atoms with E-state index in [0.29, 0.717) is 6.04 Å². The molecular formula is C14H24N4. The van der Waals surface area contributed by atoms with E-state index in [-0.39, 0.29) is 0 Å². The van der Waals surface area contributed by atoms with Gasteiger partial charge in [0.15, 0.2) is 0 Å². The van der Waals surface area contributed by atoms with Gasteiger partial charge in [-0.05, 0) is 25.3 Å². The number of nitrogens with zero attached hydrogens (tertiary/aromatic N) is 2. The topological polar surface area (TPSA) is 44.0 Å². The Morgan fingerprint density at radius 3 is 3.33 bits per heavy atom. The molecular weight excluding hydrogens is 224 g/mol. The van der Waals surface area contributed by atoms with E-state index >= 15 is 0 Å². The fourth-order valence-corrected chi connectivity index (χ4v) is 3.32. The van der Waals surface area contributed by atoms with Crippen molar-refractivity contribution in [2.75, 3.05) is 19.6 Å². The molecule has 1 aromatic rings. The largest absolute Gasteiger partial charge is 0.347 e. The molecule has 100 valence electrons. The van der Waals surface area contributed by atoms with E-state index in [9.17, 15) is 0 Å². The van der Waals surface area contributed by atoms with Crippen molar-refractivity contribution in [1.29, 1.82) is 0 Å². The maximum Gasteiger partial charge on any atom is 0.0925 e. The number of aromatic amines is 1. The van der Waals surface area contributed by atoms with Crippen molar-refractivity contribution in [2.45, 2.75) is 45.2 Å². The van der Waals surface area contributed by atoms with Gasteiger partial charge in [0.25, 0.3) is 0 Å². The molecule has 4 nitrogen and oxygen atoms in total. The third kappa shape index (κ3) is 2.59. The molecule has 0 saturated carbocycles. The van der Waals surface area contributed by atoms with Crippen LogP contribution in [0.25, 0.3) is 0 Å². The lowest BCUT2D eigenvalue weighted by Crippen LogP contribution is -2.47. The van der Waals surface area contributed by atoms with Crippen molar-refractivity contribution in [1.82, 2.24) is 20.2 Å². The van der Waals surface area contributed by atoms with E-state index < -0.39 is 0 Å². The maximum absolute atomic E-state index is 4.42. The lowest BCUT2D eigenvalue weighted by Gasteiger charge is -2.35. The lowest BCUT2D eigenvalue weighted by molar-refractivity contribution is 0.153. The van der Waals surface area contributed by atoms with Crippen LogP contribution < -0.4 is 5.32 Å². The highest BCUT2D eigenvalue weighted by Crippen LogP contribution is 2.20. The minimum absolute atomic E-state index is 0.580. The highest BCUT2D eigenvalue weighted by atomic mass is 15.2. The fourth-order valence-electron chi connectivity index (χ4n) is 3.32. The first kappa shape index (κ1) is 12.2. The third-order valence-electron chi connectivity index (χ3n) is 4.47. The minimum atomic E-state index is 0.580. The van der Waals surface area contributed by atoms with Crippen molar-refractivity contribution in [3.8, 4) is 0 Å². The number of hydrogen-bond donors (Lipinski definition) is 2. The van der Waals surface area contributed by atoms with Crippen LogP contribution in [0.15, 0.2) is 6.33 Å². The molecule has 1 saturated heterocycles. The standard InChI is InChI=1S/C14H24N4/c1-2-11-4-3-5-18(8-11)9-12-6-13-14(7-15-12)17-10-16-13/h10-12,15H,2-9H2,1H3,(H,16,17). The number of hydrogen-bond acceptors (Lipinski definition) is 3. The van der Waals surface area contributed by atoms with Gasteiger partial charge < -0.3 is 15.2 Å². The van der Waals surface area contributed by atoms with Crippen molar-refractivity contribution in [2.24, 2.45) is 5.92 Å². The van der Waals surface area contributed by atoms with Crippen molar-refractivity contribution >= 4 is 0 Å². The SMILES string of the molecule is CCC1CCCN(CC2Cc3nc[nH]c3CN2)C1. The Morgan fingerprint density at radius 2 is 2.44 bits per heavy atom. The van der Waals surface area contributed by atoms with Crippen LogP contribution in [-0.2, 0) is 13.0 Å². The molecule has 0 radical (unpaired) electrons. The maximum atomic E-state index is 4.42. The second kappa shape index (κ2) is 5.41. The number of aromatic nitrogens is 2. The zero-order valence-corrected chi connectivity index (χ0v) is 11.3. The third-order valence-corrected chi connectivity index (χ3v) is 4.47. The molecule has 0 aliphatic carbocycles. The summed E-state index contributed by atoms with van der Waals surface area (Å²) in [7, 11) is 0. The Balaban J connectivity index is 1.54. The van der Waals surface area contributed by atoms with Gasteiger partial charge in [-0.1, -0.05) is 13.3 Å². The molecule has 0 bridgehead atoms. The first-order valence-electron chi connectivity index (χ1n) is 7.32. The van der Waals surface area contributed by atoms with Gasteiger partial charge in [-0.15, -0.1) is 0 Å². The molecule has 1 aromatic heterocycles. The molecule has 2 N–H and O–H groups in total. The number of fused-ring (bicyclic) bond motifs is 1. The number of nitrogens with one attached hydrogen (secondary N) is 2. The van der Waals surface area contributed by atoms with E-state index in [2.05, 4.69) is 27.1 Å². The van der Waals surface area contributed by atoms with Crippen molar-refractivity contribution in [3.63, 3.8) is 0 Å². The van der Waals surface area contributed by atoms with Crippen LogP contribution in [0.3, 0.4) is 0 Å².